The van der Waals surface area contributed by atoms with Gasteiger partial charge in [-0.05, 0) is 111 Å². The first-order valence-corrected chi connectivity index (χ1v) is 22.7. The first kappa shape index (κ1) is 40.8. The lowest BCUT2D eigenvalue weighted by atomic mass is 9.96. The Bertz CT molecular complexity index is 2470. The van der Waals surface area contributed by atoms with E-state index in [0.717, 1.165) is 122 Å². The third-order valence-electron chi connectivity index (χ3n) is 13.6. The van der Waals surface area contributed by atoms with Gasteiger partial charge in [0.1, 0.15) is 17.7 Å². The van der Waals surface area contributed by atoms with Crippen molar-refractivity contribution in [1.82, 2.24) is 40.0 Å². The maximum Gasteiger partial charge on any atom is 0.245 e. The zero-order valence-corrected chi connectivity index (χ0v) is 36.2. The topological polar surface area (TPSA) is 113 Å². The van der Waals surface area contributed by atoms with Gasteiger partial charge in [-0.25, -0.2) is 9.97 Å². The zero-order chi connectivity index (χ0) is 42.0. The Morgan fingerprint density at radius 1 is 0.803 bits per heavy atom. The van der Waals surface area contributed by atoms with Crippen LogP contribution in [0.5, 0.6) is 0 Å². The fraction of sp³-hybridized carbons (Fsp3) is 0.412. The summed E-state index contributed by atoms with van der Waals surface area (Å²) in [5.74, 6) is 2.07. The number of rotatable bonds is 13. The van der Waals surface area contributed by atoms with E-state index in [1.54, 1.807) is 0 Å². The fourth-order valence-corrected chi connectivity index (χ4v) is 10.5. The monoisotopic (exact) mass is 816 g/mol. The number of hydrogen-bond acceptors (Lipinski definition) is 6. The molecule has 10 nitrogen and oxygen atoms in total. The van der Waals surface area contributed by atoms with Gasteiger partial charge in [0.2, 0.25) is 11.8 Å². The summed E-state index contributed by atoms with van der Waals surface area (Å²) in [6, 6.07) is 33.4. The number of imidazole rings is 2. The number of fused-ring (bicyclic) bond motifs is 4. The minimum Gasteiger partial charge on any atom is -0.344 e. The van der Waals surface area contributed by atoms with Crippen molar-refractivity contribution in [2.75, 3.05) is 26.2 Å². The van der Waals surface area contributed by atoms with Crippen molar-refractivity contribution in [3.63, 3.8) is 0 Å². The lowest BCUT2D eigenvalue weighted by Crippen LogP contribution is -2.48. The maximum atomic E-state index is 14.5. The molecule has 2 aromatic heterocycles. The van der Waals surface area contributed by atoms with Crippen LogP contribution in [-0.4, -0.2) is 84.7 Å². The molecule has 0 bridgehead atoms. The second kappa shape index (κ2) is 17.8. The Balaban J connectivity index is 0.969. The van der Waals surface area contributed by atoms with Gasteiger partial charge in [0, 0.05) is 29.9 Å². The molecule has 10 heteroatoms. The van der Waals surface area contributed by atoms with Gasteiger partial charge in [0.15, 0.2) is 0 Å². The minimum atomic E-state index is -0.313. The van der Waals surface area contributed by atoms with E-state index in [9.17, 15) is 9.59 Å². The van der Waals surface area contributed by atoms with E-state index < -0.39 is 0 Å². The van der Waals surface area contributed by atoms with Crippen LogP contribution in [0.25, 0.3) is 33.4 Å². The largest absolute Gasteiger partial charge is 0.344 e. The second-order valence-electron chi connectivity index (χ2n) is 17.2. The van der Waals surface area contributed by atoms with Crippen LogP contribution in [0, 0.1) is 0 Å². The fourth-order valence-electron chi connectivity index (χ4n) is 10.5. The van der Waals surface area contributed by atoms with Crippen molar-refractivity contribution in [1.29, 1.82) is 0 Å². The Morgan fingerprint density at radius 2 is 1.54 bits per heavy atom. The molecule has 1 aliphatic carbocycles. The number of aromatic nitrogens is 4. The number of carbonyl (C=O) groups is 2. The zero-order valence-electron chi connectivity index (χ0n) is 36.2. The highest BCUT2D eigenvalue weighted by Gasteiger charge is 2.42. The molecule has 316 valence electrons. The van der Waals surface area contributed by atoms with E-state index in [4.69, 9.17) is 9.97 Å². The number of aromatic amines is 2. The average Bonchev–Trinajstić information content (AvgIpc) is 4.10. The maximum absolute atomic E-state index is 14.5. The number of amides is 2. The van der Waals surface area contributed by atoms with E-state index in [0.29, 0.717) is 6.42 Å². The lowest BCUT2D eigenvalue weighted by Gasteiger charge is -2.34. The van der Waals surface area contributed by atoms with E-state index in [2.05, 4.69) is 106 Å². The smallest absolute Gasteiger partial charge is 0.245 e. The molecule has 0 saturated carbocycles. The molecule has 4 heterocycles. The van der Waals surface area contributed by atoms with Crippen molar-refractivity contribution >= 4 is 22.8 Å². The summed E-state index contributed by atoms with van der Waals surface area (Å²) < 4.78 is 0. The molecule has 61 heavy (non-hydrogen) atoms. The van der Waals surface area contributed by atoms with Crippen molar-refractivity contribution in [2.45, 2.75) is 109 Å². The van der Waals surface area contributed by atoms with Crippen LogP contribution in [0.2, 0.25) is 0 Å². The normalized spacial score (nSPS) is 19.9. The predicted octanol–water partition coefficient (Wildman–Crippen LogP) is 9.13. The molecular weight excluding hydrogens is 757 g/mol. The van der Waals surface area contributed by atoms with Gasteiger partial charge in [0.25, 0.3) is 0 Å². The predicted molar refractivity (Wildman–Crippen MR) is 243 cm³/mol. The van der Waals surface area contributed by atoms with Gasteiger partial charge < -0.3 is 25.1 Å². The van der Waals surface area contributed by atoms with Crippen LogP contribution >= 0.6 is 0 Å². The highest BCUT2D eigenvalue weighted by atomic mass is 16.2. The molecule has 3 aliphatic rings. The van der Waals surface area contributed by atoms with Gasteiger partial charge in [-0.1, -0.05) is 106 Å². The van der Waals surface area contributed by atoms with E-state index in [1.807, 2.05) is 48.5 Å². The number of benzene rings is 4. The van der Waals surface area contributed by atoms with Gasteiger partial charge in [0.05, 0.1) is 35.2 Å². The van der Waals surface area contributed by atoms with Crippen LogP contribution in [0.1, 0.15) is 112 Å². The van der Waals surface area contributed by atoms with E-state index in [1.165, 1.54) is 16.8 Å². The third kappa shape index (κ3) is 8.04. The molecule has 5 atom stereocenters. The van der Waals surface area contributed by atoms with E-state index >= 15 is 0 Å². The molecule has 2 unspecified atom stereocenters. The summed E-state index contributed by atoms with van der Waals surface area (Å²) >= 11 is 0. The first-order valence-electron chi connectivity index (χ1n) is 22.7. The molecular formula is C51H60N8O2. The molecule has 0 spiro atoms. The number of H-pyrrole nitrogens is 2. The summed E-state index contributed by atoms with van der Waals surface area (Å²) in [5.41, 5.74) is 10.9. The first-order chi connectivity index (χ1) is 29.8. The number of nitrogens with one attached hydrogen (secondary N) is 3. The number of likely N-dealkylation sites (N-methyl/N-ethyl adjacent to an activating group) is 2. The molecule has 9 rings (SSSR count). The summed E-state index contributed by atoms with van der Waals surface area (Å²) in [5, 5.41) is 3.58. The Morgan fingerprint density at radius 3 is 2.31 bits per heavy atom. The average molecular weight is 817 g/mol. The van der Waals surface area contributed by atoms with E-state index in [-0.39, 0.29) is 42.0 Å². The van der Waals surface area contributed by atoms with Gasteiger partial charge >= 0.3 is 0 Å². The Hall–Kier alpha value is -5.58. The van der Waals surface area contributed by atoms with Crippen LogP contribution in [0.3, 0.4) is 0 Å². The SMILES string of the molecule is CCNC(C)C1CC[C@@H](c2nc3ccc(-c4ccc5c(c4)CCCc4[nH]c([C@@H]6CCCN6C(=O)[C@@H](c6ccccc6)N(CC)CC)nc4-5)cc3[nH]2)N1C(=O)Cc1ccccc1. The number of nitrogens with zero attached hydrogens (tertiary/aromatic N) is 5. The van der Waals surface area contributed by atoms with Crippen molar-refractivity contribution in [3.8, 4) is 22.4 Å². The Kier molecular flexibility index (Phi) is 11.9. The molecule has 3 N–H and O–H groups in total. The van der Waals surface area contributed by atoms with Crippen LogP contribution in [0.4, 0.5) is 0 Å². The molecule has 0 radical (unpaired) electrons. The summed E-state index contributed by atoms with van der Waals surface area (Å²) in [4.78, 5) is 52.8. The molecule has 2 saturated heterocycles. The van der Waals surface area contributed by atoms with Gasteiger partial charge in [-0.15, -0.1) is 0 Å². The van der Waals surface area contributed by atoms with Crippen LogP contribution in [0.15, 0.2) is 97.1 Å². The highest BCUT2D eigenvalue weighted by Crippen LogP contribution is 2.41. The summed E-state index contributed by atoms with van der Waals surface area (Å²) in [7, 11) is 0. The van der Waals surface area contributed by atoms with Crippen LogP contribution < -0.4 is 5.32 Å². The standard InChI is InChI=1S/C51H60N8O2/c1-5-52-33(4)43-27-28-45(59(43)46(60)30-34-16-10-8-11-17-34)50-53-40-26-24-37(32-42(40)55-50)36-23-25-39-38(31-36)20-14-21-41-47(39)56-49(54-41)44-22-15-29-58(44)51(61)48(57(6-2)7-3)35-18-12-9-13-19-35/h8-13,16-19,23-26,31-33,43-45,48,52H,5-7,14-15,20-22,27-30H2,1-4H3,(H,53,55)(H,54,56)/t33?,43?,44-,45-,48+/m0/s1. The number of hydrogen-bond donors (Lipinski definition) is 3. The van der Waals surface area contributed by atoms with Gasteiger partial charge in [-0.3, -0.25) is 14.5 Å². The summed E-state index contributed by atoms with van der Waals surface area (Å²) in [6.07, 6.45) is 6.95. The number of aryl methyl sites for hydroxylation is 2. The van der Waals surface area contributed by atoms with Crippen molar-refractivity contribution < 1.29 is 9.59 Å². The third-order valence-corrected chi connectivity index (χ3v) is 13.6. The van der Waals surface area contributed by atoms with Gasteiger partial charge in [-0.2, -0.15) is 0 Å². The number of carbonyl (C=O) groups excluding carboxylic acids is 2. The lowest BCUT2D eigenvalue weighted by molar-refractivity contribution is -0.138. The van der Waals surface area contributed by atoms with Crippen molar-refractivity contribution in [2.24, 2.45) is 0 Å². The molecule has 4 aromatic carbocycles. The summed E-state index contributed by atoms with van der Waals surface area (Å²) in [6.45, 7) is 11.8. The molecule has 6 aromatic rings. The minimum absolute atomic E-state index is 0.0736. The Labute approximate surface area is 360 Å². The molecule has 2 fully saturated rings. The quantitative estimate of drug-likeness (QED) is 0.107. The molecule has 2 aliphatic heterocycles. The molecule has 2 amide bonds. The highest BCUT2D eigenvalue weighted by molar-refractivity contribution is 5.85. The van der Waals surface area contributed by atoms with Crippen molar-refractivity contribution in [3.05, 3.63) is 131 Å². The van der Waals surface area contributed by atoms with Crippen LogP contribution in [-0.2, 0) is 28.9 Å². The second-order valence-corrected chi connectivity index (χ2v) is 17.2. The number of likely N-dealkylation sites (tertiary alicyclic amines) is 2.